The third-order valence-electron chi connectivity index (χ3n) is 2.56. The maximum Gasteiger partial charge on any atom is 0.331 e. The molecule has 3 heteroatoms. The van der Waals surface area contributed by atoms with Gasteiger partial charge in [0.25, 0.3) is 0 Å². The molecule has 0 saturated carbocycles. The fraction of sp³-hybridized carbons (Fsp3) is 0.214. The summed E-state index contributed by atoms with van der Waals surface area (Å²) in [6.45, 7) is 6.68. The number of carboxylic acid groups (broad SMARTS) is 1. The Kier molecular flexibility index (Phi) is 3.86. The lowest BCUT2D eigenvalue weighted by atomic mass is 9.90. The van der Waals surface area contributed by atoms with Gasteiger partial charge in [0.2, 0.25) is 0 Å². The van der Waals surface area contributed by atoms with Crippen molar-refractivity contribution in [3.63, 3.8) is 0 Å². The van der Waals surface area contributed by atoms with Gasteiger partial charge in [0.05, 0.1) is 0 Å². The second-order valence-electron chi connectivity index (χ2n) is 4.07. The van der Waals surface area contributed by atoms with Crippen molar-refractivity contribution in [2.45, 2.75) is 19.4 Å². The number of carbonyl (C=O) groups is 1. The van der Waals surface area contributed by atoms with Gasteiger partial charge in [-0.15, -0.1) is 0 Å². The summed E-state index contributed by atoms with van der Waals surface area (Å²) in [6.07, 6.45) is 2.96. The van der Waals surface area contributed by atoms with Crippen LogP contribution >= 0.6 is 0 Å². The monoisotopic (exact) mass is 232 g/mol. The first-order valence-electron chi connectivity index (χ1n) is 5.25. The van der Waals surface area contributed by atoms with Crippen molar-refractivity contribution in [1.29, 1.82) is 0 Å². The van der Waals surface area contributed by atoms with Crippen LogP contribution in [-0.4, -0.2) is 16.2 Å². The smallest absolute Gasteiger partial charge is 0.331 e. The average molecular weight is 232 g/mol. The van der Waals surface area contributed by atoms with Crippen LogP contribution in [0.2, 0.25) is 0 Å². The molecule has 1 unspecified atom stereocenters. The minimum absolute atomic E-state index is 0.105. The van der Waals surface area contributed by atoms with E-state index in [1.54, 1.807) is 25.1 Å². The van der Waals surface area contributed by atoms with Gasteiger partial charge in [-0.3, -0.25) is 0 Å². The molecular formula is C14H16O3. The second kappa shape index (κ2) is 4.97. The SMILES string of the molecule is C=Cc1ccccc1C(C)(O)C=C(C)C(=O)O. The lowest BCUT2D eigenvalue weighted by Crippen LogP contribution is -2.21. The summed E-state index contributed by atoms with van der Waals surface area (Å²) < 4.78 is 0. The molecule has 0 radical (unpaired) electrons. The number of rotatable bonds is 4. The molecule has 1 aromatic rings. The van der Waals surface area contributed by atoms with Gasteiger partial charge in [0, 0.05) is 5.57 Å². The highest BCUT2D eigenvalue weighted by Crippen LogP contribution is 2.27. The maximum atomic E-state index is 10.8. The van der Waals surface area contributed by atoms with Crippen molar-refractivity contribution in [3.05, 3.63) is 53.6 Å². The maximum absolute atomic E-state index is 10.8. The van der Waals surface area contributed by atoms with Crippen LogP contribution in [0.15, 0.2) is 42.5 Å². The predicted octanol–water partition coefficient (Wildman–Crippen LogP) is 2.57. The van der Waals surface area contributed by atoms with E-state index in [4.69, 9.17) is 5.11 Å². The van der Waals surface area contributed by atoms with Gasteiger partial charge >= 0.3 is 5.97 Å². The lowest BCUT2D eigenvalue weighted by molar-refractivity contribution is -0.132. The van der Waals surface area contributed by atoms with E-state index < -0.39 is 11.6 Å². The average Bonchev–Trinajstić information content (AvgIpc) is 2.28. The third kappa shape index (κ3) is 3.04. The van der Waals surface area contributed by atoms with Gasteiger partial charge in [-0.05, 0) is 31.1 Å². The molecule has 17 heavy (non-hydrogen) atoms. The van der Waals surface area contributed by atoms with Crippen molar-refractivity contribution in [3.8, 4) is 0 Å². The zero-order valence-electron chi connectivity index (χ0n) is 9.97. The van der Waals surface area contributed by atoms with Gasteiger partial charge in [0.1, 0.15) is 5.60 Å². The Hall–Kier alpha value is -1.87. The van der Waals surface area contributed by atoms with Crippen LogP contribution in [0, 0.1) is 0 Å². The summed E-state index contributed by atoms with van der Waals surface area (Å²) in [5, 5.41) is 19.1. The number of aliphatic hydroxyl groups is 1. The first kappa shape index (κ1) is 13.2. The standard InChI is InChI=1S/C14H16O3/c1-4-11-7-5-6-8-12(11)14(3,17)9-10(2)13(15)16/h4-9,17H,1H2,2-3H3,(H,15,16). The number of aliphatic carboxylic acids is 1. The Bertz CT molecular complexity index is 470. The molecule has 2 N–H and O–H groups in total. The molecule has 0 aliphatic heterocycles. The quantitative estimate of drug-likeness (QED) is 0.784. The van der Waals surface area contributed by atoms with Crippen LogP contribution in [0.3, 0.4) is 0 Å². The van der Waals surface area contributed by atoms with Gasteiger partial charge in [-0.1, -0.05) is 36.9 Å². The molecule has 0 bridgehead atoms. The van der Waals surface area contributed by atoms with E-state index in [0.717, 1.165) is 5.56 Å². The van der Waals surface area contributed by atoms with Gasteiger partial charge in [-0.2, -0.15) is 0 Å². The highest BCUT2D eigenvalue weighted by atomic mass is 16.4. The van der Waals surface area contributed by atoms with Crippen LogP contribution < -0.4 is 0 Å². The second-order valence-corrected chi connectivity index (χ2v) is 4.07. The van der Waals surface area contributed by atoms with Crippen molar-refractivity contribution < 1.29 is 15.0 Å². The van der Waals surface area contributed by atoms with Crippen molar-refractivity contribution >= 4 is 12.0 Å². The van der Waals surface area contributed by atoms with Crippen molar-refractivity contribution in [2.24, 2.45) is 0 Å². The Labute approximate surface area is 101 Å². The summed E-state index contributed by atoms with van der Waals surface area (Å²) in [6, 6.07) is 7.20. The highest BCUT2D eigenvalue weighted by Gasteiger charge is 2.23. The lowest BCUT2D eigenvalue weighted by Gasteiger charge is -2.22. The van der Waals surface area contributed by atoms with E-state index in [2.05, 4.69) is 6.58 Å². The van der Waals surface area contributed by atoms with E-state index in [0.29, 0.717) is 5.56 Å². The summed E-state index contributed by atoms with van der Waals surface area (Å²) in [4.78, 5) is 10.8. The minimum atomic E-state index is -1.33. The van der Waals surface area contributed by atoms with Crippen LogP contribution in [0.1, 0.15) is 25.0 Å². The topological polar surface area (TPSA) is 57.5 Å². The summed E-state index contributed by atoms with van der Waals surface area (Å²) in [7, 11) is 0. The molecule has 0 spiro atoms. The van der Waals surface area contributed by atoms with E-state index in [9.17, 15) is 9.90 Å². The molecule has 1 rings (SSSR count). The molecule has 0 aromatic heterocycles. The summed E-state index contributed by atoms with van der Waals surface area (Å²) in [5.74, 6) is -1.04. The molecule has 0 fully saturated rings. The van der Waals surface area contributed by atoms with Crippen LogP contribution in [0.25, 0.3) is 6.08 Å². The molecule has 1 aromatic carbocycles. The Morgan fingerprint density at radius 2 is 2.00 bits per heavy atom. The zero-order chi connectivity index (χ0) is 13.1. The van der Waals surface area contributed by atoms with Crippen LogP contribution in [0.4, 0.5) is 0 Å². The molecule has 90 valence electrons. The number of benzene rings is 1. The predicted molar refractivity (Wildman–Crippen MR) is 67.5 cm³/mol. The highest BCUT2D eigenvalue weighted by molar-refractivity contribution is 5.86. The first-order valence-corrected chi connectivity index (χ1v) is 5.25. The Morgan fingerprint density at radius 1 is 1.41 bits per heavy atom. The summed E-state index contributed by atoms with van der Waals surface area (Å²) in [5.41, 5.74) is 0.198. The molecule has 1 atom stereocenters. The van der Waals surface area contributed by atoms with Gasteiger partial charge in [-0.25, -0.2) is 4.79 Å². The number of hydrogen-bond acceptors (Lipinski definition) is 2. The van der Waals surface area contributed by atoms with Crippen molar-refractivity contribution in [1.82, 2.24) is 0 Å². The van der Waals surface area contributed by atoms with Crippen LogP contribution in [0.5, 0.6) is 0 Å². The van der Waals surface area contributed by atoms with E-state index in [1.165, 1.54) is 13.0 Å². The van der Waals surface area contributed by atoms with E-state index in [1.807, 2.05) is 12.1 Å². The largest absolute Gasteiger partial charge is 0.478 e. The molecular weight excluding hydrogens is 216 g/mol. The van der Waals surface area contributed by atoms with Crippen molar-refractivity contribution in [2.75, 3.05) is 0 Å². The molecule has 0 heterocycles. The molecule has 3 nitrogen and oxygen atoms in total. The molecule has 0 aliphatic rings. The fourth-order valence-electron chi connectivity index (χ4n) is 1.70. The molecule has 0 amide bonds. The third-order valence-corrected chi connectivity index (χ3v) is 2.56. The Balaban J connectivity index is 3.26. The van der Waals surface area contributed by atoms with E-state index >= 15 is 0 Å². The number of hydrogen-bond donors (Lipinski definition) is 2. The van der Waals surface area contributed by atoms with Crippen LogP contribution in [-0.2, 0) is 10.4 Å². The zero-order valence-corrected chi connectivity index (χ0v) is 9.97. The van der Waals surface area contributed by atoms with Gasteiger partial charge < -0.3 is 10.2 Å². The normalized spacial score (nSPS) is 15.1. The number of carboxylic acids is 1. The molecule has 0 aliphatic carbocycles. The van der Waals surface area contributed by atoms with Gasteiger partial charge in [0.15, 0.2) is 0 Å². The Morgan fingerprint density at radius 3 is 2.53 bits per heavy atom. The molecule has 0 saturated heterocycles. The minimum Gasteiger partial charge on any atom is -0.478 e. The fourth-order valence-corrected chi connectivity index (χ4v) is 1.70. The summed E-state index contributed by atoms with van der Waals surface area (Å²) >= 11 is 0. The van der Waals surface area contributed by atoms with E-state index in [-0.39, 0.29) is 5.57 Å². The first-order chi connectivity index (χ1) is 7.88.